The summed E-state index contributed by atoms with van der Waals surface area (Å²) in [6, 6.07) is 0. The second kappa shape index (κ2) is 10.7. The van der Waals surface area contributed by atoms with Crippen molar-refractivity contribution in [2.45, 2.75) is 46.0 Å². The number of hydrogen-bond acceptors (Lipinski definition) is 9. The lowest BCUT2D eigenvalue weighted by atomic mass is 9.85. The van der Waals surface area contributed by atoms with Crippen molar-refractivity contribution in [3.8, 4) is 0 Å². The molecule has 1 saturated heterocycles. The third kappa shape index (κ3) is 7.41. The molecule has 1 fully saturated rings. The number of thioether (sulfide) groups is 1. The van der Waals surface area contributed by atoms with Crippen LogP contribution in [0.3, 0.4) is 0 Å². The fourth-order valence-electron chi connectivity index (χ4n) is 2.43. The molecule has 11 heteroatoms. The monoisotopic (exact) mass is 432 g/mol. The Morgan fingerprint density at radius 1 is 1.10 bits per heavy atom. The lowest BCUT2D eigenvalue weighted by molar-refractivity contribution is -0.305. The average molecular weight is 432 g/mol. The molecule has 164 valence electrons. The molecule has 0 aromatic rings. The number of methoxy groups -OCH3 is 1. The van der Waals surface area contributed by atoms with E-state index in [0.717, 1.165) is 11.8 Å². The molecule has 0 aromatic heterocycles. The number of carbonyl (C=O) groups is 5. The summed E-state index contributed by atoms with van der Waals surface area (Å²) in [5.74, 6) is -3.46. The minimum atomic E-state index is -1.68. The Morgan fingerprint density at radius 3 is 2.34 bits per heavy atom. The van der Waals surface area contributed by atoms with Crippen molar-refractivity contribution in [1.82, 2.24) is 10.6 Å². The van der Waals surface area contributed by atoms with Crippen molar-refractivity contribution in [2.75, 3.05) is 32.6 Å². The molecule has 0 aromatic carbocycles. The third-order valence-electron chi connectivity index (χ3n) is 4.16. The van der Waals surface area contributed by atoms with Gasteiger partial charge in [-0.2, -0.15) is 0 Å². The van der Waals surface area contributed by atoms with Crippen molar-refractivity contribution in [3.05, 3.63) is 0 Å². The summed E-state index contributed by atoms with van der Waals surface area (Å²) in [5, 5.41) is 4.66. The number of amides is 2. The Labute approximate surface area is 173 Å². The van der Waals surface area contributed by atoms with Crippen molar-refractivity contribution in [3.63, 3.8) is 0 Å². The van der Waals surface area contributed by atoms with E-state index in [1.807, 2.05) is 0 Å². The lowest BCUT2D eigenvalue weighted by Crippen LogP contribution is -2.60. The van der Waals surface area contributed by atoms with E-state index in [2.05, 4.69) is 15.4 Å². The van der Waals surface area contributed by atoms with Gasteiger partial charge in [0.25, 0.3) is 10.9 Å². The van der Waals surface area contributed by atoms with Crippen LogP contribution in [0.4, 0.5) is 0 Å². The first kappa shape index (κ1) is 25.1. The van der Waals surface area contributed by atoms with Crippen LogP contribution < -0.4 is 10.6 Å². The van der Waals surface area contributed by atoms with E-state index < -0.39 is 40.1 Å². The molecule has 1 heterocycles. The standard InChI is InChI=1S/C18H28N2O8S/c1-11(21)15(24)29-9-8-19-12(22)6-7-20-14(23)13-17(2,3)10-27-18(4,28-13)16(25)26-5/h13H,6-10H2,1-5H3,(H,19,22)(H,20,23)/t13-,18?/m0/s1. The summed E-state index contributed by atoms with van der Waals surface area (Å²) in [7, 11) is 1.20. The van der Waals surface area contributed by atoms with Crippen LogP contribution in [0.25, 0.3) is 0 Å². The highest BCUT2D eigenvalue weighted by atomic mass is 32.2. The molecule has 1 aliphatic heterocycles. The molecule has 2 amide bonds. The van der Waals surface area contributed by atoms with Crippen LogP contribution in [0.2, 0.25) is 0 Å². The first-order valence-corrected chi connectivity index (χ1v) is 10.0. The molecule has 2 atom stereocenters. The summed E-state index contributed by atoms with van der Waals surface area (Å²) in [5.41, 5.74) is -0.694. The third-order valence-corrected chi connectivity index (χ3v) is 5.12. The highest BCUT2D eigenvalue weighted by Gasteiger charge is 2.51. The van der Waals surface area contributed by atoms with Gasteiger partial charge in [0.15, 0.2) is 0 Å². The molecule has 29 heavy (non-hydrogen) atoms. The Morgan fingerprint density at radius 2 is 1.76 bits per heavy atom. The minimum absolute atomic E-state index is 0.0228. The normalized spacial score (nSPS) is 23.0. The van der Waals surface area contributed by atoms with E-state index in [0.29, 0.717) is 0 Å². The number of esters is 1. The van der Waals surface area contributed by atoms with Crippen LogP contribution in [-0.2, 0) is 38.2 Å². The Kier molecular flexibility index (Phi) is 9.24. The molecule has 1 rings (SSSR count). The molecule has 1 aliphatic rings. The van der Waals surface area contributed by atoms with E-state index in [1.165, 1.54) is 21.0 Å². The van der Waals surface area contributed by atoms with E-state index in [4.69, 9.17) is 9.47 Å². The Hall–Kier alpha value is -1.98. The maximum absolute atomic E-state index is 12.5. The summed E-state index contributed by atoms with van der Waals surface area (Å²) in [6.07, 6.45) is -0.952. The fourth-order valence-corrected chi connectivity index (χ4v) is 3.03. The second-order valence-electron chi connectivity index (χ2n) is 7.30. The van der Waals surface area contributed by atoms with Gasteiger partial charge in [-0.3, -0.25) is 19.2 Å². The van der Waals surface area contributed by atoms with Gasteiger partial charge in [0.1, 0.15) is 6.10 Å². The lowest BCUT2D eigenvalue weighted by Gasteiger charge is -2.44. The number of nitrogens with one attached hydrogen (secondary N) is 2. The molecule has 0 radical (unpaired) electrons. The largest absolute Gasteiger partial charge is 0.465 e. The minimum Gasteiger partial charge on any atom is -0.465 e. The van der Waals surface area contributed by atoms with E-state index >= 15 is 0 Å². The number of hydrogen-bond donors (Lipinski definition) is 2. The van der Waals surface area contributed by atoms with E-state index in [-0.39, 0.29) is 37.8 Å². The van der Waals surface area contributed by atoms with Gasteiger partial charge in [0.05, 0.1) is 13.7 Å². The van der Waals surface area contributed by atoms with E-state index in [9.17, 15) is 24.0 Å². The van der Waals surface area contributed by atoms with Crippen molar-refractivity contribution in [1.29, 1.82) is 0 Å². The zero-order chi connectivity index (χ0) is 22.2. The number of ether oxygens (including phenoxy) is 3. The van der Waals surface area contributed by atoms with E-state index in [1.54, 1.807) is 13.8 Å². The maximum Gasteiger partial charge on any atom is 0.366 e. The molecule has 0 saturated carbocycles. The predicted molar refractivity (Wildman–Crippen MR) is 104 cm³/mol. The van der Waals surface area contributed by atoms with Gasteiger partial charge in [-0.05, 0) is 0 Å². The summed E-state index contributed by atoms with van der Waals surface area (Å²) < 4.78 is 15.7. The first-order valence-electron chi connectivity index (χ1n) is 9.05. The van der Waals surface area contributed by atoms with Crippen molar-refractivity contribution < 1.29 is 38.2 Å². The first-order chi connectivity index (χ1) is 13.4. The molecule has 2 N–H and O–H groups in total. The summed E-state index contributed by atoms with van der Waals surface area (Å²) in [6.45, 7) is 6.50. The molecular formula is C18H28N2O8S. The van der Waals surface area contributed by atoms with Gasteiger partial charge >= 0.3 is 5.97 Å². The van der Waals surface area contributed by atoms with Gasteiger partial charge in [-0.1, -0.05) is 25.6 Å². The van der Waals surface area contributed by atoms with Gasteiger partial charge in [0, 0.05) is 44.5 Å². The predicted octanol–water partition coefficient (Wildman–Crippen LogP) is -0.211. The number of ketones is 1. The second-order valence-corrected chi connectivity index (χ2v) is 8.36. The zero-order valence-corrected chi connectivity index (χ0v) is 18.1. The van der Waals surface area contributed by atoms with Crippen molar-refractivity contribution >= 4 is 40.4 Å². The van der Waals surface area contributed by atoms with Gasteiger partial charge in [-0.15, -0.1) is 0 Å². The van der Waals surface area contributed by atoms with Crippen LogP contribution in [0.5, 0.6) is 0 Å². The summed E-state index contributed by atoms with van der Waals surface area (Å²) >= 11 is 0.839. The van der Waals surface area contributed by atoms with Crippen LogP contribution in [-0.4, -0.2) is 73.1 Å². The average Bonchev–Trinajstić information content (AvgIpc) is 2.66. The van der Waals surface area contributed by atoms with Gasteiger partial charge in [0.2, 0.25) is 17.6 Å². The highest BCUT2D eigenvalue weighted by molar-refractivity contribution is 8.15. The van der Waals surface area contributed by atoms with Gasteiger partial charge in [-0.25, -0.2) is 4.79 Å². The maximum atomic E-state index is 12.5. The van der Waals surface area contributed by atoms with Gasteiger partial charge < -0.3 is 24.8 Å². The molecule has 0 bridgehead atoms. The fraction of sp³-hybridized carbons (Fsp3) is 0.722. The quantitative estimate of drug-likeness (QED) is 0.288. The number of Topliss-reactive ketones (excluding diaryl/α,β-unsaturated/α-hetero) is 1. The molecule has 1 unspecified atom stereocenters. The number of carbonyl (C=O) groups excluding carboxylic acids is 5. The molecular weight excluding hydrogens is 404 g/mol. The molecule has 0 spiro atoms. The van der Waals surface area contributed by atoms with Crippen LogP contribution in [0, 0.1) is 5.41 Å². The molecule has 0 aliphatic carbocycles. The number of rotatable bonds is 9. The van der Waals surface area contributed by atoms with Crippen LogP contribution in [0.15, 0.2) is 0 Å². The Balaban J connectivity index is 2.44. The topological polar surface area (TPSA) is 137 Å². The van der Waals surface area contributed by atoms with Crippen molar-refractivity contribution in [2.24, 2.45) is 5.41 Å². The SMILES string of the molecule is COC(=O)C1(C)OCC(C)(C)[C@H](C(=O)NCCC(=O)NCCSC(=O)C(C)=O)O1. The highest BCUT2D eigenvalue weighted by Crippen LogP contribution is 2.35. The smallest absolute Gasteiger partial charge is 0.366 e. The molecule has 10 nitrogen and oxygen atoms in total. The zero-order valence-electron chi connectivity index (χ0n) is 17.3. The summed E-state index contributed by atoms with van der Waals surface area (Å²) in [4.78, 5) is 58.2. The Bertz CT molecular complexity index is 666. The van der Waals surface area contributed by atoms with Crippen LogP contribution >= 0.6 is 11.8 Å². The van der Waals surface area contributed by atoms with Crippen LogP contribution in [0.1, 0.15) is 34.1 Å².